The molecule has 3 N–H and O–H groups in total. The van der Waals surface area contributed by atoms with Gasteiger partial charge in [-0.2, -0.15) is 0 Å². The second kappa shape index (κ2) is 13.7. The molecule has 8 heteroatoms. The molecule has 4 rings (SSSR count). The molecule has 2 aromatic heterocycles. The Morgan fingerprint density at radius 3 is 1.81 bits per heavy atom. The van der Waals surface area contributed by atoms with Crippen LogP contribution in [0.2, 0.25) is 0 Å². The maximum atomic E-state index is 12.0. The average Bonchev–Trinajstić information content (AvgIpc) is 2.89. The summed E-state index contributed by atoms with van der Waals surface area (Å²) in [7, 11) is 0. The van der Waals surface area contributed by atoms with E-state index < -0.39 is 0 Å². The monoisotopic (exact) mass is 492 g/mol. The zero-order chi connectivity index (χ0) is 25.9. The molecule has 0 saturated heterocycles. The van der Waals surface area contributed by atoms with Crippen molar-refractivity contribution < 1.29 is 9.84 Å². The van der Waals surface area contributed by atoms with Crippen molar-refractivity contribution in [1.29, 1.82) is 0 Å². The Balaban J connectivity index is 0.000000205. The fraction of sp³-hybridized carbons (Fsp3) is 0.429. The molecule has 0 spiro atoms. The maximum absolute atomic E-state index is 12.0. The molecule has 2 atom stereocenters. The van der Waals surface area contributed by atoms with Gasteiger partial charge in [0.2, 0.25) is 0 Å². The maximum Gasteiger partial charge on any atom is 0.258 e. The first kappa shape index (κ1) is 27.2. The van der Waals surface area contributed by atoms with Gasteiger partial charge < -0.3 is 19.8 Å². The van der Waals surface area contributed by atoms with Gasteiger partial charge in [0.25, 0.3) is 11.1 Å². The van der Waals surface area contributed by atoms with Gasteiger partial charge in [0.1, 0.15) is 11.6 Å². The minimum Gasteiger partial charge on any atom is -0.396 e. The quantitative estimate of drug-likeness (QED) is 0.277. The lowest BCUT2D eigenvalue weighted by Gasteiger charge is -2.11. The van der Waals surface area contributed by atoms with Crippen molar-refractivity contribution in [2.24, 2.45) is 0 Å². The number of H-pyrrole nitrogens is 2. The third-order valence-electron chi connectivity index (χ3n) is 6.10. The Morgan fingerprint density at radius 2 is 1.31 bits per heavy atom. The van der Waals surface area contributed by atoms with Crippen LogP contribution < -0.4 is 11.1 Å². The number of fused-ring (bicyclic) bond motifs is 2. The van der Waals surface area contributed by atoms with Gasteiger partial charge in [-0.05, 0) is 43.5 Å². The zero-order valence-electron chi connectivity index (χ0n) is 21.3. The highest BCUT2D eigenvalue weighted by atomic mass is 16.5. The van der Waals surface area contributed by atoms with Crippen LogP contribution in [0.3, 0.4) is 0 Å². The van der Waals surface area contributed by atoms with E-state index in [9.17, 15) is 9.59 Å². The fourth-order valence-corrected chi connectivity index (χ4v) is 3.75. The predicted octanol–water partition coefficient (Wildman–Crippen LogP) is 4.64. The van der Waals surface area contributed by atoms with E-state index in [2.05, 4.69) is 33.8 Å². The molecule has 0 aliphatic carbocycles. The van der Waals surface area contributed by atoms with E-state index in [4.69, 9.17) is 9.84 Å². The van der Waals surface area contributed by atoms with Gasteiger partial charge in [-0.1, -0.05) is 51.5 Å². The minimum atomic E-state index is -0.120. The molecule has 0 amide bonds. The summed E-state index contributed by atoms with van der Waals surface area (Å²) in [5, 5.41) is 10.1. The summed E-state index contributed by atoms with van der Waals surface area (Å²) in [5.74, 6) is 1.63. The smallest absolute Gasteiger partial charge is 0.258 e. The van der Waals surface area contributed by atoms with Crippen LogP contribution in [0, 0.1) is 0 Å². The number of ether oxygens (including phenoxy) is 1. The highest BCUT2D eigenvalue weighted by molar-refractivity contribution is 5.77. The summed E-state index contributed by atoms with van der Waals surface area (Å²) in [6, 6.07) is 14.7. The van der Waals surface area contributed by atoms with Crippen molar-refractivity contribution >= 4 is 21.8 Å². The summed E-state index contributed by atoms with van der Waals surface area (Å²) < 4.78 is 5.56. The van der Waals surface area contributed by atoms with Crippen molar-refractivity contribution in [3.05, 3.63) is 80.9 Å². The van der Waals surface area contributed by atoms with Crippen LogP contribution in [0.4, 0.5) is 0 Å². The van der Waals surface area contributed by atoms with Crippen molar-refractivity contribution in [2.75, 3.05) is 19.8 Å². The third kappa shape index (κ3) is 7.32. The van der Waals surface area contributed by atoms with Crippen molar-refractivity contribution in [1.82, 2.24) is 19.9 Å². The van der Waals surface area contributed by atoms with Crippen LogP contribution in [0.15, 0.2) is 58.1 Å². The Morgan fingerprint density at radius 1 is 0.806 bits per heavy atom. The summed E-state index contributed by atoms with van der Waals surface area (Å²) in [4.78, 5) is 38.3. The van der Waals surface area contributed by atoms with E-state index in [1.165, 1.54) is 0 Å². The van der Waals surface area contributed by atoms with Crippen LogP contribution in [-0.2, 0) is 4.74 Å². The van der Waals surface area contributed by atoms with Gasteiger partial charge in [-0.15, -0.1) is 0 Å². The number of aliphatic hydroxyl groups is 1. The molecule has 0 bridgehead atoms. The second-order valence-electron chi connectivity index (χ2n) is 9.01. The molecule has 2 unspecified atom stereocenters. The van der Waals surface area contributed by atoms with Crippen molar-refractivity contribution in [2.45, 2.75) is 58.3 Å². The number of aliphatic hydroxyl groups excluding tert-OH is 1. The SMILES string of the molecule is CC(CCO)c1nc2ccccc2c(=O)[nH]1.CCCCOCCC(C)c1nc2ccccc2c(=O)[nH]1. The van der Waals surface area contributed by atoms with Crippen molar-refractivity contribution in [3.63, 3.8) is 0 Å². The number of aromatic amines is 2. The molecule has 0 aliphatic heterocycles. The number of nitrogens with one attached hydrogen (secondary N) is 2. The molecule has 0 radical (unpaired) electrons. The molecule has 0 saturated carbocycles. The van der Waals surface area contributed by atoms with Crippen LogP contribution in [-0.4, -0.2) is 44.9 Å². The van der Waals surface area contributed by atoms with E-state index >= 15 is 0 Å². The lowest BCUT2D eigenvalue weighted by Crippen LogP contribution is -2.14. The van der Waals surface area contributed by atoms with E-state index in [0.29, 0.717) is 35.1 Å². The van der Waals surface area contributed by atoms with Gasteiger partial charge in [0, 0.05) is 31.7 Å². The number of nitrogens with zero attached hydrogens (tertiary/aromatic N) is 2. The zero-order valence-corrected chi connectivity index (χ0v) is 21.3. The molecule has 2 heterocycles. The molecule has 4 aromatic rings. The average molecular weight is 493 g/mol. The standard InChI is InChI=1S/C16H22N2O2.C12H14N2O2/c1-3-4-10-20-11-9-12(2)15-17-14-8-6-5-7-13(14)16(19)18-15;1-8(6-7-15)11-13-10-5-3-2-4-9(10)12(16)14-11/h5-8,12H,3-4,9-11H2,1-2H3,(H,17,18,19);2-5,8,15H,6-7H2,1H3,(H,13,14,16). The Kier molecular flexibility index (Phi) is 10.3. The number of rotatable bonds is 10. The summed E-state index contributed by atoms with van der Waals surface area (Å²) in [6.07, 6.45) is 3.71. The lowest BCUT2D eigenvalue weighted by atomic mass is 10.1. The molecule has 8 nitrogen and oxygen atoms in total. The molecule has 0 aliphatic rings. The van der Waals surface area contributed by atoms with Gasteiger partial charge in [0.15, 0.2) is 0 Å². The molecular formula is C28H36N4O4. The fourth-order valence-electron chi connectivity index (χ4n) is 3.75. The van der Waals surface area contributed by atoms with Crippen LogP contribution >= 0.6 is 0 Å². The largest absolute Gasteiger partial charge is 0.396 e. The van der Waals surface area contributed by atoms with Gasteiger partial charge in [0.05, 0.1) is 21.8 Å². The van der Waals surface area contributed by atoms with Gasteiger partial charge in [-0.3, -0.25) is 9.59 Å². The molecule has 0 fully saturated rings. The predicted molar refractivity (Wildman–Crippen MR) is 144 cm³/mol. The van der Waals surface area contributed by atoms with Crippen LogP contribution in [0.1, 0.15) is 69.9 Å². The van der Waals surface area contributed by atoms with Crippen LogP contribution in [0.25, 0.3) is 21.8 Å². The van der Waals surface area contributed by atoms with E-state index in [1.54, 1.807) is 12.1 Å². The minimum absolute atomic E-state index is 0.0577. The highest BCUT2D eigenvalue weighted by Crippen LogP contribution is 2.17. The normalized spacial score (nSPS) is 12.8. The van der Waals surface area contributed by atoms with Crippen LogP contribution in [0.5, 0.6) is 0 Å². The molecule has 192 valence electrons. The number of para-hydroxylation sites is 2. The Bertz CT molecular complexity index is 1370. The number of hydrogen-bond acceptors (Lipinski definition) is 6. The first-order chi connectivity index (χ1) is 17.4. The molecule has 36 heavy (non-hydrogen) atoms. The topological polar surface area (TPSA) is 121 Å². The summed E-state index contributed by atoms with van der Waals surface area (Å²) >= 11 is 0. The Labute approximate surface area is 210 Å². The van der Waals surface area contributed by atoms with Gasteiger partial charge in [-0.25, -0.2) is 9.97 Å². The van der Waals surface area contributed by atoms with E-state index in [1.807, 2.05) is 43.3 Å². The lowest BCUT2D eigenvalue weighted by molar-refractivity contribution is 0.124. The summed E-state index contributed by atoms with van der Waals surface area (Å²) in [5.41, 5.74) is 1.27. The first-order valence-electron chi connectivity index (χ1n) is 12.6. The second-order valence-corrected chi connectivity index (χ2v) is 9.01. The van der Waals surface area contributed by atoms with Crippen molar-refractivity contribution in [3.8, 4) is 0 Å². The number of hydrogen-bond donors (Lipinski definition) is 3. The highest BCUT2D eigenvalue weighted by Gasteiger charge is 2.11. The van der Waals surface area contributed by atoms with Gasteiger partial charge >= 0.3 is 0 Å². The summed E-state index contributed by atoms with van der Waals surface area (Å²) in [6.45, 7) is 7.76. The number of unbranched alkanes of at least 4 members (excludes halogenated alkanes) is 1. The third-order valence-corrected chi connectivity index (χ3v) is 6.10. The molecule has 2 aromatic carbocycles. The van der Waals surface area contributed by atoms with E-state index in [0.717, 1.165) is 37.2 Å². The number of benzene rings is 2. The molecular weight excluding hydrogens is 456 g/mol. The Hall–Kier alpha value is -3.36. The number of aromatic nitrogens is 4. The van der Waals surface area contributed by atoms with E-state index in [-0.39, 0.29) is 29.6 Å². The first-order valence-corrected chi connectivity index (χ1v) is 12.6.